The first kappa shape index (κ1) is 40.0. The number of aliphatic carboxylic acids is 1. The number of aliphatic hydroxyl groups excluding tert-OH is 4. The summed E-state index contributed by atoms with van der Waals surface area (Å²) in [5, 5.41) is 64.2. The quantitative estimate of drug-likeness (QED) is 0.152. The first-order valence-corrected chi connectivity index (χ1v) is 17.4. The molecular formula is C36H53NO13. The largest absolute Gasteiger partial charge is 0.481 e. The van der Waals surface area contributed by atoms with Gasteiger partial charge in [0.2, 0.25) is 0 Å². The van der Waals surface area contributed by atoms with Crippen LogP contribution in [0.3, 0.4) is 0 Å². The van der Waals surface area contributed by atoms with E-state index in [2.05, 4.69) is 6.92 Å². The topological polar surface area (TPSA) is 231 Å². The molecule has 0 aromatic rings. The number of nitrogens with two attached hydrogens (primary N) is 1. The maximum absolute atomic E-state index is 12.5. The van der Waals surface area contributed by atoms with Crippen LogP contribution >= 0.6 is 0 Å². The second kappa shape index (κ2) is 18.6. The Morgan fingerprint density at radius 3 is 2.42 bits per heavy atom. The Hall–Kier alpha value is -2.76. The van der Waals surface area contributed by atoms with Crippen molar-refractivity contribution in [2.75, 3.05) is 0 Å². The predicted molar refractivity (Wildman–Crippen MR) is 179 cm³/mol. The van der Waals surface area contributed by atoms with Crippen molar-refractivity contribution in [3.63, 3.8) is 0 Å². The van der Waals surface area contributed by atoms with E-state index in [0.717, 1.165) is 19.3 Å². The highest BCUT2D eigenvalue weighted by Crippen LogP contribution is 2.39. The number of hydrogen-bond acceptors (Lipinski definition) is 13. The molecule has 0 radical (unpaired) electrons. The van der Waals surface area contributed by atoms with Crippen LogP contribution in [0.4, 0.5) is 0 Å². The van der Waals surface area contributed by atoms with E-state index >= 15 is 0 Å². The van der Waals surface area contributed by atoms with Gasteiger partial charge < -0.3 is 60.1 Å². The van der Waals surface area contributed by atoms with Gasteiger partial charge in [-0.2, -0.15) is 0 Å². The van der Waals surface area contributed by atoms with Gasteiger partial charge in [-0.3, -0.25) is 4.79 Å². The molecule has 0 aromatic heterocycles. The molecule has 1 unspecified atom stereocenters. The number of esters is 1. The molecule has 4 aliphatic heterocycles. The van der Waals surface area contributed by atoms with E-state index < -0.39 is 97.3 Å². The predicted octanol–water partition coefficient (Wildman–Crippen LogP) is 1.29. The molecular weight excluding hydrogens is 654 g/mol. The summed E-state index contributed by atoms with van der Waals surface area (Å²) in [5.41, 5.74) is 6.00. The molecule has 0 aliphatic carbocycles. The van der Waals surface area contributed by atoms with Gasteiger partial charge in [0.05, 0.1) is 48.8 Å². The van der Waals surface area contributed by atoms with Gasteiger partial charge in [-0.1, -0.05) is 68.4 Å². The maximum Gasteiger partial charge on any atom is 0.330 e. The van der Waals surface area contributed by atoms with Crippen molar-refractivity contribution in [3.8, 4) is 0 Å². The molecule has 0 aromatic carbocycles. The lowest BCUT2D eigenvalue weighted by Crippen LogP contribution is -2.61. The number of allylic oxidation sites excluding steroid dienone is 6. The van der Waals surface area contributed by atoms with Crippen molar-refractivity contribution in [2.24, 2.45) is 11.7 Å². The van der Waals surface area contributed by atoms with E-state index in [0.29, 0.717) is 6.42 Å². The van der Waals surface area contributed by atoms with Crippen LogP contribution < -0.4 is 5.73 Å². The lowest BCUT2D eigenvalue weighted by molar-refractivity contribution is -0.308. The maximum atomic E-state index is 12.5. The third-order valence-electron chi connectivity index (χ3n) is 9.35. The van der Waals surface area contributed by atoms with Crippen LogP contribution in [-0.4, -0.2) is 122 Å². The molecule has 14 heteroatoms. The Labute approximate surface area is 292 Å². The minimum Gasteiger partial charge on any atom is -0.481 e. The molecule has 0 spiro atoms. The second-order valence-corrected chi connectivity index (χ2v) is 13.5. The Bertz CT molecular complexity index is 1270. The summed E-state index contributed by atoms with van der Waals surface area (Å²) < 4.78 is 29.0. The Balaban J connectivity index is 1.58. The average molecular weight is 708 g/mol. The lowest BCUT2D eigenvalue weighted by Gasteiger charge is -2.45. The van der Waals surface area contributed by atoms with Crippen molar-refractivity contribution in [1.82, 2.24) is 0 Å². The van der Waals surface area contributed by atoms with Crippen molar-refractivity contribution in [2.45, 2.75) is 144 Å². The number of epoxide rings is 1. The summed E-state index contributed by atoms with van der Waals surface area (Å²) >= 11 is 0. The summed E-state index contributed by atoms with van der Waals surface area (Å²) in [7, 11) is 0. The summed E-state index contributed by atoms with van der Waals surface area (Å²) in [6, 6.07) is -1.08. The SMILES string of the molecule is CCCCC1C\C=C/C=C\C=C/C=C\[C@H](O[C@@H]2O[C@H](C)[C@@H](O)[C@H](N)[C@@H]2O)C[C@@H]2O[C@](O)(C[C@@H](O)C[C@H]3O[C@@H]3/C=C\C(=O)O1)C[C@H](O)[C@H]2C(=O)O. The molecule has 4 rings (SSSR count). The Kier molecular flexibility index (Phi) is 14.9. The number of carboxylic acids is 1. The van der Waals surface area contributed by atoms with Crippen molar-refractivity contribution in [3.05, 3.63) is 60.8 Å². The minimum absolute atomic E-state index is 0.0816. The van der Waals surface area contributed by atoms with Gasteiger partial charge in [0, 0.05) is 38.2 Å². The number of carbonyl (C=O) groups is 2. The number of cyclic esters (lactones) is 1. The summed E-state index contributed by atoms with van der Waals surface area (Å²) in [5.74, 6) is -5.41. The lowest BCUT2D eigenvalue weighted by atomic mass is 9.83. The van der Waals surface area contributed by atoms with E-state index in [1.807, 2.05) is 18.2 Å². The number of aliphatic hydroxyl groups is 5. The third-order valence-corrected chi connectivity index (χ3v) is 9.35. The minimum atomic E-state index is -2.10. The van der Waals surface area contributed by atoms with Crippen LogP contribution in [0, 0.1) is 5.92 Å². The highest BCUT2D eigenvalue weighted by molar-refractivity contribution is 5.82. The molecule has 280 valence electrons. The highest BCUT2D eigenvalue weighted by Gasteiger charge is 2.51. The first-order valence-electron chi connectivity index (χ1n) is 17.4. The summed E-state index contributed by atoms with van der Waals surface area (Å²) in [4.78, 5) is 24.8. The van der Waals surface area contributed by atoms with Gasteiger partial charge in [-0.15, -0.1) is 0 Å². The van der Waals surface area contributed by atoms with Crippen molar-refractivity contribution < 1.29 is 63.9 Å². The van der Waals surface area contributed by atoms with Gasteiger partial charge in [-0.05, 0) is 19.4 Å². The molecule has 0 saturated carbocycles. The van der Waals surface area contributed by atoms with E-state index in [4.69, 9.17) is 29.4 Å². The monoisotopic (exact) mass is 707 g/mol. The smallest absolute Gasteiger partial charge is 0.330 e. The summed E-state index contributed by atoms with van der Waals surface area (Å²) in [6.07, 6.45) is 8.24. The van der Waals surface area contributed by atoms with Crippen LogP contribution in [0.25, 0.3) is 0 Å². The third kappa shape index (κ3) is 11.6. The zero-order valence-corrected chi connectivity index (χ0v) is 28.6. The first-order chi connectivity index (χ1) is 23.8. The fourth-order valence-electron chi connectivity index (χ4n) is 6.54. The molecule has 4 heterocycles. The zero-order chi connectivity index (χ0) is 36.4. The second-order valence-electron chi connectivity index (χ2n) is 13.5. The van der Waals surface area contributed by atoms with E-state index in [1.54, 1.807) is 43.4 Å². The molecule has 14 atom stereocenters. The van der Waals surface area contributed by atoms with Crippen LogP contribution in [-0.2, 0) is 33.3 Å². The van der Waals surface area contributed by atoms with E-state index in [9.17, 15) is 40.2 Å². The fraction of sp³-hybridized carbons (Fsp3) is 0.667. The summed E-state index contributed by atoms with van der Waals surface area (Å²) in [6.45, 7) is 3.64. The van der Waals surface area contributed by atoms with Gasteiger partial charge in [0.15, 0.2) is 12.1 Å². The van der Waals surface area contributed by atoms with Crippen LogP contribution in [0.15, 0.2) is 60.8 Å². The van der Waals surface area contributed by atoms with Crippen LogP contribution in [0.1, 0.15) is 65.2 Å². The van der Waals surface area contributed by atoms with E-state index in [-0.39, 0.29) is 25.4 Å². The number of unbranched alkanes of at least 4 members (excludes halogenated alkanes) is 1. The molecule has 3 saturated heterocycles. The van der Waals surface area contributed by atoms with Crippen LogP contribution in [0.2, 0.25) is 0 Å². The van der Waals surface area contributed by atoms with Gasteiger partial charge in [-0.25, -0.2) is 4.79 Å². The normalized spacial score (nSPS) is 45.1. The molecule has 3 fully saturated rings. The molecule has 2 bridgehead atoms. The Morgan fingerprint density at radius 2 is 1.70 bits per heavy atom. The number of carbonyl (C=O) groups excluding carboxylic acids is 1. The molecule has 8 N–H and O–H groups in total. The molecule has 14 nitrogen and oxygen atoms in total. The Morgan fingerprint density at radius 1 is 0.980 bits per heavy atom. The fourth-order valence-corrected chi connectivity index (χ4v) is 6.54. The molecule has 4 aliphatic rings. The van der Waals surface area contributed by atoms with Gasteiger partial charge >= 0.3 is 11.9 Å². The molecule has 0 amide bonds. The van der Waals surface area contributed by atoms with Gasteiger partial charge in [0.1, 0.15) is 24.2 Å². The number of rotatable bonds is 6. The number of carboxylic acid groups (broad SMARTS) is 1. The highest BCUT2D eigenvalue weighted by atomic mass is 16.7. The van der Waals surface area contributed by atoms with Crippen molar-refractivity contribution >= 4 is 11.9 Å². The van der Waals surface area contributed by atoms with Crippen molar-refractivity contribution in [1.29, 1.82) is 0 Å². The average Bonchev–Trinajstić information content (AvgIpc) is 3.78. The number of hydrogen-bond donors (Lipinski definition) is 7. The van der Waals surface area contributed by atoms with Gasteiger partial charge in [0.25, 0.3) is 0 Å². The molecule has 50 heavy (non-hydrogen) atoms. The number of ether oxygens (including phenoxy) is 5. The zero-order valence-electron chi connectivity index (χ0n) is 28.6. The van der Waals surface area contributed by atoms with E-state index in [1.165, 1.54) is 6.08 Å². The standard InChI is InChI=1S/C36H53NO13/c1-3-4-12-23-13-10-8-6-5-7-9-11-14-24(48-35-33(42)31(37)32(41)21(2)46-35)18-28-30(34(43)44)25(39)20-36(45,50-28)19-22(38)17-27-26(49-27)15-16-29(40)47-23/h5-11,14-16,21-28,30-33,35,38-39,41-42,45H,3-4,12-13,17-20,37H2,1-2H3,(H,43,44)/b6-5-,9-7-,10-8-,14-11-,16-15-/t21-,22+,23?,24+,25+,26-,27-,28+,30-,31+,32-,33+,35+,36-/m1/s1. The van der Waals surface area contributed by atoms with Crippen LogP contribution in [0.5, 0.6) is 0 Å². The number of fused-ring (bicyclic) bond motifs is 3.